The van der Waals surface area contributed by atoms with E-state index in [1.807, 2.05) is 0 Å². The third kappa shape index (κ3) is 5.25. The molecule has 0 fully saturated rings. The number of nitrogens with one attached hydrogen (secondary N) is 1. The molecule has 198 valence electrons. The molecule has 0 radical (unpaired) electrons. The maximum absolute atomic E-state index is 13.7. The number of pyridine rings is 1. The van der Waals surface area contributed by atoms with Gasteiger partial charge in [0.15, 0.2) is 11.5 Å². The van der Waals surface area contributed by atoms with Crippen molar-refractivity contribution in [3.05, 3.63) is 99.8 Å². The number of hydrogen-bond donors (Lipinski definition) is 1. The Kier molecular flexibility index (Phi) is 6.89. The summed E-state index contributed by atoms with van der Waals surface area (Å²) in [5.74, 6) is 0.956. The fourth-order valence-electron chi connectivity index (χ4n) is 4.34. The zero-order valence-corrected chi connectivity index (χ0v) is 20.8. The van der Waals surface area contributed by atoms with Crippen LogP contribution >= 0.6 is 0 Å². The Morgan fingerprint density at radius 1 is 0.895 bits per heavy atom. The number of fused-ring (bicyclic) bond motifs is 2. The molecule has 0 unspecified atom stereocenters. The van der Waals surface area contributed by atoms with Crippen molar-refractivity contribution in [2.24, 2.45) is 0 Å². The average molecular weight is 545 g/mol. The third-order valence-corrected chi connectivity index (χ3v) is 8.14. The Morgan fingerprint density at radius 3 is 2.26 bits per heavy atom. The van der Waals surface area contributed by atoms with Crippen LogP contribution in [-0.4, -0.2) is 37.5 Å². The Balaban J connectivity index is 1.56. The van der Waals surface area contributed by atoms with Gasteiger partial charge in [0.1, 0.15) is 13.2 Å². The number of ether oxygens (including phenoxy) is 2. The number of sulfonamides is 1. The fourth-order valence-corrected chi connectivity index (χ4v) is 5.97. The number of hydrogen-bond acceptors (Lipinski definition) is 5. The third-order valence-electron chi connectivity index (χ3n) is 6.23. The van der Waals surface area contributed by atoms with E-state index in [-0.39, 0.29) is 18.5 Å². The molecule has 0 saturated carbocycles. The number of H-pyrrole nitrogens is 1. The zero-order chi connectivity index (χ0) is 26.9. The van der Waals surface area contributed by atoms with Gasteiger partial charge in [0.25, 0.3) is 5.56 Å². The molecule has 11 heteroatoms. The Bertz CT molecular complexity index is 1640. The average Bonchev–Trinajstić information content (AvgIpc) is 2.90. The van der Waals surface area contributed by atoms with Gasteiger partial charge in [-0.2, -0.15) is 17.5 Å². The first-order chi connectivity index (χ1) is 18.1. The summed E-state index contributed by atoms with van der Waals surface area (Å²) in [6.07, 6.45) is -4.64. The molecule has 0 bridgehead atoms. The van der Waals surface area contributed by atoms with E-state index in [0.717, 1.165) is 28.1 Å². The molecule has 4 aromatic rings. The zero-order valence-electron chi connectivity index (χ0n) is 20.0. The van der Waals surface area contributed by atoms with Crippen LogP contribution < -0.4 is 15.0 Å². The van der Waals surface area contributed by atoms with E-state index >= 15 is 0 Å². The summed E-state index contributed by atoms with van der Waals surface area (Å²) < 4.78 is 80.6. The number of alkyl halides is 3. The predicted molar refractivity (Wildman–Crippen MR) is 135 cm³/mol. The van der Waals surface area contributed by atoms with Crippen molar-refractivity contribution in [2.75, 3.05) is 19.8 Å². The molecule has 2 heterocycles. The van der Waals surface area contributed by atoms with E-state index in [4.69, 9.17) is 9.47 Å². The Hall–Kier alpha value is -3.83. The minimum atomic E-state index is -4.88. The van der Waals surface area contributed by atoms with Crippen molar-refractivity contribution in [3.63, 3.8) is 0 Å². The van der Waals surface area contributed by atoms with Crippen LogP contribution in [-0.2, 0) is 29.2 Å². The first kappa shape index (κ1) is 25.8. The minimum absolute atomic E-state index is 0.0790. The molecule has 1 aliphatic heterocycles. The first-order valence-corrected chi connectivity index (χ1v) is 13.2. The first-order valence-electron chi connectivity index (χ1n) is 11.8. The second kappa shape index (κ2) is 10.1. The molecular weight excluding hydrogens is 521 g/mol. The highest BCUT2D eigenvalue weighted by Crippen LogP contribution is 2.36. The van der Waals surface area contributed by atoms with E-state index < -0.39 is 38.8 Å². The van der Waals surface area contributed by atoms with Gasteiger partial charge in [-0.05, 0) is 36.2 Å². The van der Waals surface area contributed by atoms with Gasteiger partial charge in [-0.3, -0.25) is 4.79 Å². The molecule has 0 saturated heterocycles. The lowest BCUT2D eigenvalue weighted by Crippen LogP contribution is -2.35. The van der Waals surface area contributed by atoms with Crippen LogP contribution in [0.2, 0.25) is 0 Å². The summed E-state index contributed by atoms with van der Waals surface area (Å²) >= 11 is 0. The SMILES string of the molecule is O=c1[nH]c2cc3c(cc2cc1CN(CCc1ccccc1)S(=O)(=O)c1ccccc1C(F)(F)F)OCCO3. The van der Waals surface area contributed by atoms with Gasteiger partial charge in [-0.25, -0.2) is 8.42 Å². The van der Waals surface area contributed by atoms with Crippen molar-refractivity contribution < 1.29 is 31.1 Å². The molecule has 3 aromatic carbocycles. The quantitative estimate of drug-likeness (QED) is 0.363. The topological polar surface area (TPSA) is 88.7 Å². The molecule has 0 aliphatic carbocycles. The second-order valence-corrected chi connectivity index (χ2v) is 10.7. The van der Waals surface area contributed by atoms with Crippen LogP contribution in [0.4, 0.5) is 13.2 Å². The van der Waals surface area contributed by atoms with Gasteiger partial charge in [-0.1, -0.05) is 42.5 Å². The van der Waals surface area contributed by atoms with Crippen LogP contribution in [0.25, 0.3) is 10.9 Å². The molecule has 1 aromatic heterocycles. The summed E-state index contributed by atoms with van der Waals surface area (Å²) in [4.78, 5) is 14.8. The lowest BCUT2D eigenvalue weighted by Gasteiger charge is -2.24. The van der Waals surface area contributed by atoms with Crippen LogP contribution in [0, 0.1) is 0 Å². The number of rotatable bonds is 7. The van der Waals surface area contributed by atoms with Gasteiger partial charge < -0.3 is 14.5 Å². The highest BCUT2D eigenvalue weighted by atomic mass is 32.2. The largest absolute Gasteiger partial charge is 0.486 e. The molecule has 1 aliphatic rings. The summed E-state index contributed by atoms with van der Waals surface area (Å²) in [6, 6.07) is 17.8. The number of nitrogens with zero attached hydrogens (tertiary/aromatic N) is 1. The van der Waals surface area contributed by atoms with Crippen molar-refractivity contribution >= 4 is 20.9 Å². The van der Waals surface area contributed by atoms with E-state index in [9.17, 15) is 26.4 Å². The van der Waals surface area contributed by atoms with Crippen LogP contribution in [0.5, 0.6) is 11.5 Å². The Morgan fingerprint density at radius 2 is 1.55 bits per heavy atom. The minimum Gasteiger partial charge on any atom is -0.486 e. The lowest BCUT2D eigenvalue weighted by molar-refractivity contribution is -0.139. The molecule has 0 spiro atoms. The maximum Gasteiger partial charge on any atom is 0.417 e. The molecule has 0 atom stereocenters. The van der Waals surface area contributed by atoms with E-state index in [1.54, 1.807) is 42.5 Å². The van der Waals surface area contributed by atoms with Crippen LogP contribution in [0.15, 0.2) is 82.5 Å². The summed E-state index contributed by atoms with van der Waals surface area (Å²) in [5, 5.41) is 0.569. The summed E-state index contributed by atoms with van der Waals surface area (Å²) in [5.41, 5.74) is -0.480. The standard InChI is InChI=1S/C27H23F3N2O5S/c28-27(29,30)21-8-4-5-9-25(21)38(34,35)32(11-10-18-6-2-1-3-7-18)17-20-14-19-15-23-24(37-13-12-36-23)16-22(19)31-26(20)33/h1-9,14-16H,10-13,17H2,(H,31,33). The summed E-state index contributed by atoms with van der Waals surface area (Å²) in [6.45, 7) is 0.158. The van der Waals surface area contributed by atoms with E-state index in [0.29, 0.717) is 35.6 Å². The Labute approximate surface area is 216 Å². The monoisotopic (exact) mass is 544 g/mol. The number of halogens is 3. The number of benzene rings is 3. The predicted octanol–water partition coefficient (Wildman–Crippen LogP) is 4.75. The maximum atomic E-state index is 13.7. The van der Waals surface area contributed by atoms with Crippen LogP contribution in [0.3, 0.4) is 0 Å². The molecule has 0 amide bonds. The highest BCUT2D eigenvalue weighted by Gasteiger charge is 2.39. The normalized spacial score (nSPS) is 13.7. The lowest BCUT2D eigenvalue weighted by atomic mass is 10.1. The van der Waals surface area contributed by atoms with Gasteiger partial charge in [-0.15, -0.1) is 0 Å². The molecule has 1 N–H and O–H groups in total. The summed E-state index contributed by atoms with van der Waals surface area (Å²) in [7, 11) is -4.65. The van der Waals surface area contributed by atoms with E-state index in [2.05, 4.69) is 4.98 Å². The van der Waals surface area contributed by atoms with E-state index in [1.165, 1.54) is 12.1 Å². The van der Waals surface area contributed by atoms with Crippen molar-refractivity contribution in [3.8, 4) is 11.5 Å². The molecule has 7 nitrogen and oxygen atoms in total. The van der Waals surface area contributed by atoms with Gasteiger partial charge >= 0.3 is 6.18 Å². The fraction of sp³-hybridized carbons (Fsp3) is 0.222. The van der Waals surface area contributed by atoms with Crippen molar-refractivity contribution in [1.82, 2.24) is 9.29 Å². The van der Waals surface area contributed by atoms with Crippen molar-refractivity contribution in [1.29, 1.82) is 0 Å². The highest BCUT2D eigenvalue weighted by molar-refractivity contribution is 7.89. The van der Waals surface area contributed by atoms with Gasteiger partial charge in [0.05, 0.1) is 16.0 Å². The number of aromatic amines is 1. The smallest absolute Gasteiger partial charge is 0.417 e. The van der Waals surface area contributed by atoms with Gasteiger partial charge in [0, 0.05) is 30.1 Å². The molecular formula is C27H23F3N2O5S. The number of aromatic nitrogens is 1. The van der Waals surface area contributed by atoms with Gasteiger partial charge in [0.2, 0.25) is 10.0 Å². The van der Waals surface area contributed by atoms with Crippen molar-refractivity contribution in [2.45, 2.75) is 24.0 Å². The van der Waals surface area contributed by atoms with Crippen LogP contribution in [0.1, 0.15) is 16.7 Å². The molecule has 5 rings (SSSR count). The molecule has 38 heavy (non-hydrogen) atoms. The second-order valence-electron chi connectivity index (χ2n) is 8.77.